The molecule has 3 N–H and O–H groups in total. The second kappa shape index (κ2) is 8.03. The van der Waals surface area contributed by atoms with E-state index < -0.39 is 11.3 Å². The van der Waals surface area contributed by atoms with Crippen LogP contribution >= 0.6 is 0 Å². The van der Waals surface area contributed by atoms with Crippen LogP contribution in [0.4, 0.5) is 17.1 Å². The molecule has 0 saturated heterocycles. The zero-order chi connectivity index (χ0) is 20.2. The highest BCUT2D eigenvalue weighted by Gasteiger charge is 2.36. The summed E-state index contributed by atoms with van der Waals surface area (Å²) in [7, 11) is 0. The summed E-state index contributed by atoms with van der Waals surface area (Å²) in [5, 5.41) is 8.24. The largest absolute Gasteiger partial charge is 0.326 e. The van der Waals surface area contributed by atoms with E-state index in [1.165, 1.54) is 6.92 Å². The minimum Gasteiger partial charge on any atom is -0.326 e. The Morgan fingerprint density at radius 3 is 1.85 bits per heavy atom. The third-order valence-electron chi connectivity index (χ3n) is 4.24. The second-order valence-electron chi connectivity index (χ2n) is 7.11. The van der Waals surface area contributed by atoms with Crippen LogP contribution in [-0.2, 0) is 14.4 Å². The fraction of sp³-hybridized carbons (Fsp3) is 0.286. The minimum absolute atomic E-state index is 0.170. The SMILES string of the molecule is CC(=O)Nc1ccc(NC(=O)C(C)(C)C(=O)Nc2cc(C)ccc2C)cc1. The molecular weight excluding hydrogens is 342 g/mol. The van der Waals surface area contributed by atoms with Crippen LogP contribution in [0.15, 0.2) is 42.5 Å². The number of nitrogens with one attached hydrogen (secondary N) is 3. The quantitative estimate of drug-likeness (QED) is 0.701. The number of hydrogen-bond donors (Lipinski definition) is 3. The Kier molecular flexibility index (Phi) is 6.00. The highest BCUT2D eigenvalue weighted by Crippen LogP contribution is 2.24. The van der Waals surface area contributed by atoms with Gasteiger partial charge in [0.25, 0.3) is 0 Å². The summed E-state index contributed by atoms with van der Waals surface area (Å²) < 4.78 is 0. The van der Waals surface area contributed by atoms with Crippen LogP contribution in [0.25, 0.3) is 0 Å². The Hall–Kier alpha value is -3.15. The molecule has 3 amide bonds. The van der Waals surface area contributed by atoms with Gasteiger partial charge in [0.1, 0.15) is 5.41 Å². The monoisotopic (exact) mass is 367 g/mol. The maximum absolute atomic E-state index is 12.7. The highest BCUT2D eigenvalue weighted by atomic mass is 16.2. The average Bonchev–Trinajstić information content (AvgIpc) is 2.59. The number of anilines is 3. The summed E-state index contributed by atoms with van der Waals surface area (Å²) in [4.78, 5) is 36.4. The molecule has 0 aliphatic heterocycles. The third-order valence-corrected chi connectivity index (χ3v) is 4.24. The van der Waals surface area contributed by atoms with Crippen molar-refractivity contribution in [2.45, 2.75) is 34.6 Å². The van der Waals surface area contributed by atoms with Gasteiger partial charge in [-0.25, -0.2) is 0 Å². The first-order valence-corrected chi connectivity index (χ1v) is 8.67. The van der Waals surface area contributed by atoms with Crippen molar-refractivity contribution in [1.29, 1.82) is 0 Å². The zero-order valence-corrected chi connectivity index (χ0v) is 16.3. The molecule has 2 rings (SSSR count). The van der Waals surface area contributed by atoms with Gasteiger partial charge in [0, 0.05) is 24.0 Å². The molecule has 2 aromatic carbocycles. The van der Waals surface area contributed by atoms with Gasteiger partial charge >= 0.3 is 0 Å². The van der Waals surface area contributed by atoms with Gasteiger partial charge in [0.2, 0.25) is 17.7 Å². The standard InChI is InChI=1S/C21H25N3O3/c1-13-6-7-14(2)18(12-13)24-20(27)21(4,5)19(26)23-17-10-8-16(9-11-17)22-15(3)25/h6-12H,1-5H3,(H,22,25)(H,23,26)(H,24,27). The molecule has 142 valence electrons. The molecule has 0 saturated carbocycles. The number of amides is 3. The molecule has 0 bridgehead atoms. The van der Waals surface area contributed by atoms with Crippen LogP contribution in [0.1, 0.15) is 31.9 Å². The molecular formula is C21H25N3O3. The number of benzene rings is 2. The normalized spacial score (nSPS) is 10.9. The van der Waals surface area contributed by atoms with Crippen LogP contribution in [0.5, 0.6) is 0 Å². The van der Waals surface area contributed by atoms with Gasteiger partial charge in [0.15, 0.2) is 0 Å². The number of rotatable bonds is 5. The Morgan fingerprint density at radius 1 is 0.778 bits per heavy atom. The Bertz CT molecular complexity index is 871. The van der Waals surface area contributed by atoms with E-state index in [1.807, 2.05) is 32.0 Å². The summed E-state index contributed by atoms with van der Waals surface area (Å²) in [6.07, 6.45) is 0. The molecule has 27 heavy (non-hydrogen) atoms. The van der Waals surface area contributed by atoms with Crippen LogP contribution in [0, 0.1) is 19.3 Å². The second-order valence-corrected chi connectivity index (χ2v) is 7.11. The maximum atomic E-state index is 12.7. The Labute approximate surface area is 159 Å². The zero-order valence-electron chi connectivity index (χ0n) is 16.3. The maximum Gasteiger partial charge on any atom is 0.239 e. The summed E-state index contributed by atoms with van der Waals surface area (Å²) in [5.41, 5.74) is 2.55. The first-order valence-electron chi connectivity index (χ1n) is 8.67. The smallest absolute Gasteiger partial charge is 0.239 e. The van der Waals surface area contributed by atoms with Gasteiger partial charge in [0.05, 0.1) is 0 Å². The Morgan fingerprint density at radius 2 is 1.30 bits per heavy atom. The van der Waals surface area contributed by atoms with Gasteiger partial charge in [-0.3, -0.25) is 14.4 Å². The predicted octanol–water partition coefficient (Wildman–Crippen LogP) is 3.87. The van der Waals surface area contributed by atoms with Crippen molar-refractivity contribution in [2.24, 2.45) is 5.41 Å². The molecule has 0 aliphatic carbocycles. The number of aryl methyl sites for hydroxylation is 2. The molecule has 0 aliphatic rings. The van der Waals surface area contributed by atoms with Crippen molar-refractivity contribution in [2.75, 3.05) is 16.0 Å². The van der Waals surface area contributed by atoms with E-state index in [9.17, 15) is 14.4 Å². The molecule has 0 unspecified atom stereocenters. The Balaban J connectivity index is 2.08. The molecule has 6 heteroatoms. The van der Waals surface area contributed by atoms with E-state index in [4.69, 9.17) is 0 Å². The molecule has 0 atom stereocenters. The summed E-state index contributed by atoms with van der Waals surface area (Å²) in [6, 6.07) is 12.5. The van der Waals surface area contributed by atoms with Gasteiger partial charge in [-0.05, 0) is 69.2 Å². The van der Waals surface area contributed by atoms with Crippen LogP contribution < -0.4 is 16.0 Å². The van der Waals surface area contributed by atoms with Crippen molar-refractivity contribution in [3.63, 3.8) is 0 Å². The fourth-order valence-electron chi connectivity index (χ4n) is 2.38. The number of carbonyl (C=O) groups excluding carboxylic acids is 3. The molecule has 0 spiro atoms. The number of carbonyl (C=O) groups is 3. The van der Waals surface area contributed by atoms with Gasteiger partial charge in [-0.2, -0.15) is 0 Å². The van der Waals surface area contributed by atoms with E-state index in [0.717, 1.165) is 11.1 Å². The van der Waals surface area contributed by atoms with Gasteiger partial charge < -0.3 is 16.0 Å². The van der Waals surface area contributed by atoms with Crippen LogP contribution in [0.3, 0.4) is 0 Å². The van der Waals surface area contributed by atoms with E-state index in [-0.39, 0.29) is 11.8 Å². The first-order chi connectivity index (χ1) is 12.6. The lowest BCUT2D eigenvalue weighted by Crippen LogP contribution is -2.41. The third kappa shape index (κ3) is 5.17. The van der Waals surface area contributed by atoms with E-state index in [2.05, 4.69) is 16.0 Å². The van der Waals surface area contributed by atoms with Crippen LogP contribution in [0.2, 0.25) is 0 Å². The minimum atomic E-state index is -1.27. The summed E-state index contributed by atoms with van der Waals surface area (Å²) >= 11 is 0. The van der Waals surface area contributed by atoms with Crippen molar-refractivity contribution >= 4 is 34.8 Å². The summed E-state index contributed by atoms with van der Waals surface area (Å²) in [5.74, 6) is -0.975. The van der Waals surface area contributed by atoms with E-state index >= 15 is 0 Å². The van der Waals surface area contributed by atoms with E-state index in [1.54, 1.807) is 38.1 Å². The predicted molar refractivity (Wildman–Crippen MR) is 108 cm³/mol. The number of hydrogen-bond acceptors (Lipinski definition) is 3. The molecule has 0 heterocycles. The molecule has 2 aromatic rings. The topological polar surface area (TPSA) is 87.3 Å². The van der Waals surface area contributed by atoms with Gasteiger partial charge in [-0.1, -0.05) is 12.1 Å². The van der Waals surface area contributed by atoms with Crippen LogP contribution in [-0.4, -0.2) is 17.7 Å². The van der Waals surface area contributed by atoms with Gasteiger partial charge in [-0.15, -0.1) is 0 Å². The highest BCUT2D eigenvalue weighted by molar-refractivity contribution is 6.14. The molecule has 0 fully saturated rings. The van der Waals surface area contributed by atoms with Crippen molar-refractivity contribution < 1.29 is 14.4 Å². The average molecular weight is 367 g/mol. The van der Waals surface area contributed by atoms with Crippen molar-refractivity contribution in [1.82, 2.24) is 0 Å². The fourth-order valence-corrected chi connectivity index (χ4v) is 2.38. The van der Waals surface area contributed by atoms with Crippen molar-refractivity contribution in [3.05, 3.63) is 53.6 Å². The first kappa shape index (κ1) is 20.2. The molecule has 0 radical (unpaired) electrons. The molecule has 6 nitrogen and oxygen atoms in total. The molecule has 0 aromatic heterocycles. The van der Waals surface area contributed by atoms with E-state index in [0.29, 0.717) is 17.1 Å². The summed E-state index contributed by atoms with van der Waals surface area (Å²) in [6.45, 7) is 8.42. The lowest BCUT2D eigenvalue weighted by atomic mass is 9.90. The lowest BCUT2D eigenvalue weighted by molar-refractivity contribution is -0.135. The lowest BCUT2D eigenvalue weighted by Gasteiger charge is -2.23. The van der Waals surface area contributed by atoms with Crippen molar-refractivity contribution in [3.8, 4) is 0 Å².